The van der Waals surface area contributed by atoms with Crippen molar-refractivity contribution in [3.8, 4) is 0 Å². The van der Waals surface area contributed by atoms with Gasteiger partial charge in [-0.3, -0.25) is 0 Å². The van der Waals surface area contributed by atoms with E-state index in [1.165, 1.54) is 0 Å². The van der Waals surface area contributed by atoms with Crippen LogP contribution in [0, 0.1) is 0 Å². The van der Waals surface area contributed by atoms with E-state index in [1.54, 1.807) is 44.2 Å². The summed E-state index contributed by atoms with van der Waals surface area (Å²) in [4.78, 5) is 25.1. The molecular weight excluding hydrogens is 376 g/mol. The van der Waals surface area contributed by atoms with Gasteiger partial charge in [-0.15, -0.1) is 0 Å². The average molecular weight is 398 g/mol. The third-order valence-corrected chi connectivity index (χ3v) is 4.70. The number of cyclic esters (lactones) is 1. The van der Waals surface area contributed by atoms with E-state index in [4.69, 9.17) is 23.7 Å². The Kier molecular flexibility index (Phi) is 5.36. The van der Waals surface area contributed by atoms with Crippen LogP contribution in [0.1, 0.15) is 29.8 Å². The molecule has 2 heterocycles. The molecule has 29 heavy (non-hydrogen) atoms. The van der Waals surface area contributed by atoms with E-state index >= 15 is 0 Å². The lowest BCUT2D eigenvalue weighted by atomic mass is 10.0. The molecule has 4 atom stereocenters. The number of carbonyl (C=O) groups excluding carboxylic acids is 2. The van der Waals surface area contributed by atoms with Crippen LogP contribution in [-0.2, 0) is 35.1 Å². The molecule has 0 N–H and O–H groups in total. The van der Waals surface area contributed by atoms with Crippen LogP contribution in [0.4, 0.5) is 0 Å². The first-order valence-corrected chi connectivity index (χ1v) is 9.41. The number of hydrogen-bond acceptors (Lipinski definition) is 7. The van der Waals surface area contributed by atoms with E-state index < -0.39 is 42.3 Å². The fraction of sp³-hybridized carbons (Fsp3) is 0.364. The topological polar surface area (TPSA) is 80.3 Å². The highest BCUT2D eigenvalue weighted by atomic mass is 16.8. The van der Waals surface area contributed by atoms with Crippen LogP contribution in [0.25, 0.3) is 0 Å². The molecule has 2 fully saturated rings. The Morgan fingerprint density at radius 3 is 2.34 bits per heavy atom. The highest BCUT2D eigenvalue weighted by molar-refractivity contribution is 5.89. The molecule has 0 aromatic heterocycles. The standard InChI is InChI=1S/C22H22O7/c1-22(2)28-16-17(29-22)20(24)27-21(25-13-14-9-5-3-6-10-14)18(16)26-19(23)15-11-7-4-8-12-15/h3-12,16-18,21H,13H2,1-2H3/t16-,17+,18+,21+/m0/s1. The van der Waals surface area contributed by atoms with Gasteiger partial charge in [-0.05, 0) is 31.5 Å². The van der Waals surface area contributed by atoms with E-state index in [-0.39, 0.29) is 6.61 Å². The quantitative estimate of drug-likeness (QED) is 0.717. The van der Waals surface area contributed by atoms with Gasteiger partial charge < -0.3 is 23.7 Å². The van der Waals surface area contributed by atoms with Gasteiger partial charge in [-0.2, -0.15) is 0 Å². The van der Waals surface area contributed by atoms with Crippen molar-refractivity contribution in [2.45, 2.75) is 50.8 Å². The monoisotopic (exact) mass is 398 g/mol. The number of hydrogen-bond donors (Lipinski definition) is 0. The summed E-state index contributed by atoms with van der Waals surface area (Å²) in [7, 11) is 0. The number of esters is 2. The van der Waals surface area contributed by atoms with E-state index in [0.717, 1.165) is 5.56 Å². The van der Waals surface area contributed by atoms with Crippen molar-refractivity contribution >= 4 is 11.9 Å². The van der Waals surface area contributed by atoms with Crippen molar-refractivity contribution < 1.29 is 33.3 Å². The van der Waals surface area contributed by atoms with E-state index in [1.807, 2.05) is 30.3 Å². The maximum atomic E-state index is 12.6. The minimum Gasteiger partial charge on any atom is -0.449 e. The van der Waals surface area contributed by atoms with Gasteiger partial charge in [0.05, 0.1) is 12.2 Å². The minimum absolute atomic E-state index is 0.180. The zero-order valence-corrected chi connectivity index (χ0v) is 16.1. The van der Waals surface area contributed by atoms with Crippen LogP contribution in [-0.4, -0.2) is 42.3 Å². The number of fused-ring (bicyclic) bond motifs is 1. The predicted octanol–water partition coefficient (Wildman–Crippen LogP) is 2.83. The van der Waals surface area contributed by atoms with Gasteiger partial charge >= 0.3 is 11.9 Å². The molecule has 0 aliphatic carbocycles. The Morgan fingerprint density at radius 2 is 1.66 bits per heavy atom. The fourth-order valence-electron chi connectivity index (χ4n) is 3.39. The highest BCUT2D eigenvalue weighted by Gasteiger charge is 2.58. The van der Waals surface area contributed by atoms with Crippen LogP contribution in [0.2, 0.25) is 0 Å². The van der Waals surface area contributed by atoms with Gasteiger partial charge in [-0.1, -0.05) is 48.5 Å². The van der Waals surface area contributed by atoms with Crippen molar-refractivity contribution in [3.05, 3.63) is 71.8 Å². The average Bonchev–Trinajstić information content (AvgIpc) is 3.06. The largest absolute Gasteiger partial charge is 0.449 e. The van der Waals surface area contributed by atoms with E-state index in [2.05, 4.69) is 0 Å². The Morgan fingerprint density at radius 1 is 1.00 bits per heavy atom. The molecule has 0 bridgehead atoms. The number of carbonyl (C=O) groups is 2. The summed E-state index contributed by atoms with van der Waals surface area (Å²) in [6.45, 7) is 3.56. The molecule has 7 heteroatoms. The minimum atomic E-state index is -1.12. The summed E-state index contributed by atoms with van der Waals surface area (Å²) in [6.07, 6.45) is -3.92. The van der Waals surface area contributed by atoms with Crippen LogP contribution >= 0.6 is 0 Å². The fourth-order valence-corrected chi connectivity index (χ4v) is 3.39. The van der Waals surface area contributed by atoms with Crippen molar-refractivity contribution in [2.75, 3.05) is 0 Å². The summed E-state index contributed by atoms with van der Waals surface area (Å²) in [5.41, 5.74) is 1.27. The Labute approximate surface area is 168 Å². The highest BCUT2D eigenvalue weighted by Crippen LogP contribution is 2.37. The SMILES string of the molecule is CC1(C)O[C@@H]2[C@@H](OC(=O)c3ccccc3)[C@H](OCc3ccccc3)OC(=O)[C@@H]2O1. The van der Waals surface area contributed by atoms with Gasteiger partial charge in [0.2, 0.25) is 6.29 Å². The lowest BCUT2D eigenvalue weighted by molar-refractivity contribution is -0.245. The summed E-state index contributed by atoms with van der Waals surface area (Å²) in [5, 5.41) is 0. The molecule has 0 saturated carbocycles. The Hall–Kier alpha value is -2.74. The lowest BCUT2D eigenvalue weighted by Gasteiger charge is -2.35. The summed E-state index contributed by atoms with van der Waals surface area (Å²) in [5.74, 6) is -2.18. The molecule has 2 saturated heterocycles. The molecular formula is C22H22O7. The molecule has 152 valence electrons. The summed E-state index contributed by atoms with van der Waals surface area (Å²) >= 11 is 0. The maximum Gasteiger partial charge on any atom is 0.340 e. The molecule has 2 aliphatic heterocycles. The van der Waals surface area contributed by atoms with Gasteiger partial charge in [0.15, 0.2) is 18.0 Å². The van der Waals surface area contributed by atoms with Gasteiger partial charge in [0, 0.05) is 0 Å². The van der Waals surface area contributed by atoms with Crippen LogP contribution in [0.15, 0.2) is 60.7 Å². The first-order valence-electron chi connectivity index (χ1n) is 9.41. The molecule has 0 radical (unpaired) electrons. The molecule has 7 nitrogen and oxygen atoms in total. The van der Waals surface area contributed by atoms with Crippen LogP contribution in [0.5, 0.6) is 0 Å². The van der Waals surface area contributed by atoms with Gasteiger partial charge in [0.1, 0.15) is 6.10 Å². The molecule has 2 aliphatic rings. The second-order valence-corrected chi connectivity index (χ2v) is 7.36. The zero-order valence-electron chi connectivity index (χ0n) is 16.1. The number of ether oxygens (including phenoxy) is 5. The third kappa shape index (κ3) is 4.32. The summed E-state index contributed by atoms with van der Waals surface area (Å²) in [6, 6.07) is 18.0. The summed E-state index contributed by atoms with van der Waals surface area (Å²) < 4.78 is 28.4. The van der Waals surface area contributed by atoms with Crippen LogP contribution in [0.3, 0.4) is 0 Å². The molecule has 0 amide bonds. The molecule has 0 spiro atoms. The molecule has 2 aromatic rings. The van der Waals surface area contributed by atoms with Crippen molar-refractivity contribution in [1.82, 2.24) is 0 Å². The number of benzene rings is 2. The molecule has 2 aromatic carbocycles. The van der Waals surface area contributed by atoms with Crippen molar-refractivity contribution in [1.29, 1.82) is 0 Å². The molecule has 4 rings (SSSR count). The second-order valence-electron chi connectivity index (χ2n) is 7.36. The number of rotatable bonds is 5. The smallest absolute Gasteiger partial charge is 0.340 e. The Bertz CT molecular complexity index is 865. The lowest BCUT2D eigenvalue weighted by Crippen LogP contribution is -2.56. The van der Waals surface area contributed by atoms with Crippen LogP contribution < -0.4 is 0 Å². The first-order chi connectivity index (χ1) is 13.9. The Balaban J connectivity index is 1.56. The van der Waals surface area contributed by atoms with Crippen molar-refractivity contribution in [3.63, 3.8) is 0 Å². The normalized spacial score (nSPS) is 27.7. The van der Waals surface area contributed by atoms with E-state index in [0.29, 0.717) is 5.56 Å². The second kappa shape index (κ2) is 7.94. The van der Waals surface area contributed by atoms with Crippen molar-refractivity contribution in [2.24, 2.45) is 0 Å². The zero-order chi connectivity index (χ0) is 20.4. The maximum absolute atomic E-state index is 12.6. The molecule has 0 unspecified atom stereocenters. The predicted molar refractivity (Wildman–Crippen MR) is 101 cm³/mol. The van der Waals surface area contributed by atoms with E-state index in [9.17, 15) is 9.59 Å². The first kappa shape index (κ1) is 19.6. The third-order valence-electron chi connectivity index (χ3n) is 4.70. The van der Waals surface area contributed by atoms with Gasteiger partial charge in [-0.25, -0.2) is 9.59 Å². The van der Waals surface area contributed by atoms with Gasteiger partial charge in [0.25, 0.3) is 0 Å².